The third-order valence-corrected chi connectivity index (χ3v) is 6.55. The lowest BCUT2D eigenvalue weighted by molar-refractivity contribution is 0.396. The summed E-state index contributed by atoms with van der Waals surface area (Å²) >= 11 is 0. The van der Waals surface area contributed by atoms with E-state index in [4.69, 9.17) is 19.8 Å². The number of primary sulfonamides is 1. The second-order valence-electron chi connectivity index (χ2n) is 8.05. The zero-order valence-electron chi connectivity index (χ0n) is 20.4. The highest BCUT2D eigenvalue weighted by atomic mass is 32.2. The first-order chi connectivity index (χ1) is 17.8. The van der Waals surface area contributed by atoms with Crippen molar-refractivity contribution in [3.63, 3.8) is 0 Å². The van der Waals surface area contributed by atoms with Crippen molar-refractivity contribution in [2.24, 2.45) is 10.1 Å². The lowest BCUT2D eigenvalue weighted by Crippen LogP contribution is -2.13. The Hall–Kier alpha value is -4.41. The molecule has 4 rings (SSSR count). The lowest BCUT2D eigenvalue weighted by atomic mass is 10.0. The SMILES string of the molecule is C=N/C=C(\C=C(/C)S(N)(=O)=O)c1nc(NCc2cccc(OC)n2)c2c(-c3ccccc3)cccc2n1. The minimum absolute atomic E-state index is 0.0563. The summed E-state index contributed by atoms with van der Waals surface area (Å²) in [5.74, 6) is 1.30. The molecule has 0 aliphatic heterocycles. The first-order valence-electron chi connectivity index (χ1n) is 11.3. The normalized spacial score (nSPS) is 12.4. The fraction of sp³-hybridized carbons (Fsp3) is 0.111. The largest absolute Gasteiger partial charge is 0.481 e. The number of sulfonamides is 1. The summed E-state index contributed by atoms with van der Waals surface area (Å²) in [6, 6.07) is 21.2. The molecule has 10 heteroatoms. The zero-order chi connectivity index (χ0) is 26.4. The number of nitrogens with two attached hydrogens (primary N) is 1. The third kappa shape index (κ3) is 6.05. The Morgan fingerprint density at radius 3 is 2.51 bits per heavy atom. The molecular formula is C27H26N6O3S. The Labute approximate surface area is 215 Å². The summed E-state index contributed by atoms with van der Waals surface area (Å²) < 4.78 is 29.0. The van der Waals surface area contributed by atoms with Gasteiger partial charge in [0.25, 0.3) is 0 Å². The van der Waals surface area contributed by atoms with E-state index >= 15 is 0 Å². The number of aliphatic imine (C=N–C) groups is 1. The number of pyridine rings is 1. The van der Waals surface area contributed by atoms with E-state index in [2.05, 4.69) is 22.0 Å². The van der Waals surface area contributed by atoms with Crippen LogP contribution in [0.1, 0.15) is 18.4 Å². The van der Waals surface area contributed by atoms with E-state index in [1.54, 1.807) is 13.2 Å². The van der Waals surface area contributed by atoms with Crippen LogP contribution in [-0.4, -0.2) is 37.2 Å². The summed E-state index contributed by atoms with van der Waals surface area (Å²) in [6.45, 7) is 5.25. The predicted octanol–water partition coefficient (Wildman–Crippen LogP) is 4.55. The Bertz CT molecular complexity index is 1620. The van der Waals surface area contributed by atoms with Gasteiger partial charge in [-0.2, -0.15) is 0 Å². The molecule has 0 aliphatic rings. The van der Waals surface area contributed by atoms with Gasteiger partial charge >= 0.3 is 0 Å². The van der Waals surface area contributed by atoms with Crippen molar-refractivity contribution in [2.75, 3.05) is 12.4 Å². The van der Waals surface area contributed by atoms with Crippen molar-refractivity contribution in [3.05, 3.63) is 95.4 Å². The molecule has 2 heterocycles. The van der Waals surface area contributed by atoms with Crippen LogP contribution >= 0.6 is 0 Å². The van der Waals surface area contributed by atoms with Crippen molar-refractivity contribution in [2.45, 2.75) is 13.5 Å². The van der Waals surface area contributed by atoms with Crippen LogP contribution in [0.5, 0.6) is 5.88 Å². The average Bonchev–Trinajstić information content (AvgIpc) is 2.91. The van der Waals surface area contributed by atoms with Gasteiger partial charge in [0.15, 0.2) is 5.82 Å². The molecule has 188 valence electrons. The first kappa shape index (κ1) is 25.7. The van der Waals surface area contributed by atoms with Crippen molar-refractivity contribution in [1.82, 2.24) is 15.0 Å². The van der Waals surface area contributed by atoms with Crippen LogP contribution in [0.3, 0.4) is 0 Å². The van der Waals surface area contributed by atoms with Crippen LogP contribution in [-0.2, 0) is 16.6 Å². The van der Waals surface area contributed by atoms with Gasteiger partial charge in [0.05, 0.1) is 35.2 Å². The second kappa shape index (κ2) is 11.1. The van der Waals surface area contributed by atoms with E-state index < -0.39 is 10.0 Å². The average molecular weight is 515 g/mol. The Morgan fingerprint density at radius 2 is 1.81 bits per heavy atom. The van der Waals surface area contributed by atoms with Gasteiger partial charge in [-0.05, 0) is 43.0 Å². The van der Waals surface area contributed by atoms with Gasteiger partial charge in [0.1, 0.15) is 5.82 Å². The number of fused-ring (bicyclic) bond motifs is 1. The standard InChI is InChI=1S/C27H26N6O3S/c1-18(37(28,34)35)15-20(16-29-2)26-32-23-13-8-12-22(19-9-5-4-6-10-19)25(23)27(33-26)30-17-21-11-7-14-24(31-21)36-3/h4-16H,2,17H2,1,3H3,(H2,28,34,35)(H,30,32,33)/b18-15+,20-16+. The lowest BCUT2D eigenvalue weighted by Gasteiger charge is -2.15. The van der Waals surface area contributed by atoms with Crippen LogP contribution in [0, 0.1) is 0 Å². The highest BCUT2D eigenvalue weighted by Crippen LogP contribution is 2.34. The van der Waals surface area contributed by atoms with E-state index in [0.717, 1.165) is 22.2 Å². The number of nitrogens with zero attached hydrogens (tertiary/aromatic N) is 4. The molecule has 0 saturated heterocycles. The minimum Gasteiger partial charge on any atom is -0.481 e. The molecule has 9 nitrogen and oxygen atoms in total. The monoisotopic (exact) mass is 514 g/mol. The fourth-order valence-corrected chi connectivity index (χ4v) is 3.99. The van der Waals surface area contributed by atoms with Gasteiger partial charge in [-0.3, -0.25) is 4.99 Å². The number of hydrogen-bond donors (Lipinski definition) is 2. The molecule has 37 heavy (non-hydrogen) atoms. The minimum atomic E-state index is -3.91. The number of hydrogen-bond acceptors (Lipinski definition) is 8. The molecule has 0 unspecified atom stereocenters. The molecule has 0 amide bonds. The summed E-state index contributed by atoms with van der Waals surface area (Å²) in [6.07, 6.45) is 2.77. The summed E-state index contributed by atoms with van der Waals surface area (Å²) in [4.78, 5) is 17.7. The molecule has 0 aliphatic carbocycles. The molecule has 2 aromatic carbocycles. The van der Waals surface area contributed by atoms with E-state index in [0.29, 0.717) is 29.3 Å². The molecule has 0 bridgehead atoms. The van der Waals surface area contributed by atoms with Gasteiger partial charge in [-0.25, -0.2) is 28.5 Å². The molecular weight excluding hydrogens is 488 g/mol. The van der Waals surface area contributed by atoms with Crippen LogP contribution in [0.2, 0.25) is 0 Å². The maximum absolute atomic E-state index is 11.9. The van der Waals surface area contributed by atoms with Crippen LogP contribution in [0.15, 0.2) is 88.9 Å². The molecule has 0 atom stereocenters. The van der Waals surface area contributed by atoms with Gasteiger partial charge in [0, 0.05) is 17.8 Å². The van der Waals surface area contributed by atoms with Crippen LogP contribution in [0.4, 0.5) is 5.82 Å². The van der Waals surface area contributed by atoms with E-state index in [1.807, 2.05) is 60.7 Å². The van der Waals surface area contributed by atoms with E-state index in [9.17, 15) is 8.42 Å². The van der Waals surface area contributed by atoms with Gasteiger partial charge < -0.3 is 10.1 Å². The third-order valence-electron chi connectivity index (χ3n) is 5.53. The quantitative estimate of drug-likeness (QED) is 0.247. The molecule has 0 radical (unpaired) electrons. The molecule has 3 N–H and O–H groups in total. The predicted molar refractivity (Wildman–Crippen MR) is 147 cm³/mol. The topological polar surface area (TPSA) is 132 Å². The van der Waals surface area contributed by atoms with Crippen molar-refractivity contribution < 1.29 is 13.2 Å². The first-order valence-corrected chi connectivity index (χ1v) is 12.8. The number of allylic oxidation sites excluding steroid dienone is 3. The van der Waals surface area contributed by atoms with Gasteiger partial charge in [-0.1, -0.05) is 48.5 Å². The van der Waals surface area contributed by atoms with Crippen molar-refractivity contribution in [1.29, 1.82) is 0 Å². The van der Waals surface area contributed by atoms with Crippen molar-refractivity contribution >= 4 is 39.0 Å². The van der Waals surface area contributed by atoms with E-state index in [1.165, 1.54) is 19.2 Å². The molecule has 0 spiro atoms. The molecule has 0 fully saturated rings. The fourth-order valence-electron chi connectivity index (χ4n) is 3.70. The maximum Gasteiger partial charge on any atom is 0.233 e. The van der Waals surface area contributed by atoms with E-state index in [-0.39, 0.29) is 10.7 Å². The summed E-state index contributed by atoms with van der Waals surface area (Å²) in [5.41, 5.74) is 3.69. The van der Waals surface area contributed by atoms with Crippen LogP contribution in [0.25, 0.3) is 27.6 Å². The molecule has 0 saturated carbocycles. The number of anilines is 1. The Kier molecular flexibility index (Phi) is 7.71. The Balaban J connectivity index is 1.90. The smallest absolute Gasteiger partial charge is 0.233 e. The number of benzene rings is 2. The number of methoxy groups -OCH3 is 1. The van der Waals surface area contributed by atoms with Crippen LogP contribution < -0.4 is 15.2 Å². The number of ether oxygens (including phenoxy) is 1. The maximum atomic E-state index is 11.9. The van der Waals surface area contributed by atoms with Crippen molar-refractivity contribution in [3.8, 4) is 17.0 Å². The Morgan fingerprint density at radius 1 is 1.05 bits per heavy atom. The number of rotatable bonds is 9. The second-order valence-corrected chi connectivity index (χ2v) is 9.79. The highest BCUT2D eigenvalue weighted by Gasteiger charge is 2.16. The van der Waals surface area contributed by atoms with Gasteiger partial charge in [-0.15, -0.1) is 0 Å². The highest BCUT2D eigenvalue weighted by molar-refractivity contribution is 7.93. The summed E-state index contributed by atoms with van der Waals surface area (Å²) in [7, 11) is -2.34. The summed E-state index contributed by atoms with van der Waals surface area (Å²) in [5, 5.41) is 9.49. The number of nitrogens with one attached hydrogen (secondary N) is 1. The van der Waals surface area contributed by atoms with Gasteiger partial charge in [0.2, 0.25) is 15.9 Å². The zero-order valence-corrected chi connectivity index (χ0v) is 21.2. The molecule has 2 aromatic heterocycles. The molecule has 4 aromatic rings. The number of aromatic nitrogens is 3.